The van der Waals surface area contributed by atoms with Gasteiger partial charge < -0.3 is 10.5 Å². The molecular weight excluding hydrogens is 264 g/mol. The summed E-state index contributed by atoms with van der Waals surface area (Å²) < 4.78 is 53.9. The lowest BCUT2D eigenvalue weighted by Gasteiger charge is -2.15. The fraction of sp³-hybridized carbons (Fsp3) is 0.250. The zero-order chi connectivity index (χ0) is 14.0. The standard InChI is InChI=1S/C12H10F4N2O/c13-11(14)12(15,16)6-19-10-4-1-7-5-8(17)2-3-9(7)18-10/h1-5,11H,6,17H2. The van der Waals surface area contributed by atoms with E-state index in [-0.39, 0.29) is 5.88 Å². The van der Waals surface area contributed by atoms with Gasteiger partial charge >= 0.3 is 12.3 Å². The van der Waals surface area contributed by atoms with E-state index in [1.165, 1.54) is 6.07 Å². The van der Waals surface area contributed by atoms with Crippen LogP contribution in [0.1, 0.15) is 0 Å². The average molecular weight is 274 g/mol. The largest absolute Gasteiger partial charge is 0.471 e. The summed E-state index contributed by atoms with van der Waals surface area (Å²) in [4.78, 5) is 3.92. The van der Waals surface area contributed by atoms with Crippen molar-refractivity contribution in [3.05, 3.63) is 30.3 Å². The lowest BCUT2D eigenvalue weighted by Crippen LogP contribution is -2.33. The third-order valence-corrected chi connectivity index (χ3v) is 2.42. The molecule has 102 valence electrons. The Balaban J connectivity index is 2.16. The molecule has 1 heterocycles. The first kappa shape index (κ1) is 13.4. The third kappa shape index (κ3) is 3.04. The minimum Gasteiger partial charge on any atom is -0.471 e. The Morgan fingerprint density at radius 2 is 1.95 bits per heavy atom. The van der Waals surface area contributed by atoms with Crippen molar-refractivity contribution in [1.29, 1.82) is 0 Å². The van der Waals surface area contributed by atoms with Crippen molar-refractivity contribution in [3.8, 4) is 5.88 Å². The van der Waals surface area contributed by atoms with Crippen LogP contribution in [0.25, 0.3) is 10.9 Å². The number of halogens is 4. The smallest absolute Gasteiger partial charge is 0.340 e. The molecule has 7 heteroatoms. The van der Waals surface area contributed by atoms with Crippen molar-refractivity contribution in [2.24, 2.45) is 0 Å². The van der Waals surface area contributed by atoms with Crippen molar-refractivity contribution in [2.45, 2.75) is 12.3 Å². The highest BCUT2D eigenvalue weighted by atomic mass is 19.3. The molecule has 2 aromatic rings. The van der Waals surface area contributed by atoms with Crippen molar-refractivity contribution in [2.75, 3.05) is 12.3 Å². The van der Waals surface area contributed by atoms with Crippen molar-refractivity contribution < 1.29 is 22.3 Å². The SMILES string of the molecule is Nc1ccc2nc(OCC(F)(F)C(F)F)ccc2c1. The number of anilines is 1. The van der Waals surface area contributed by atoms with Gasteiger partial charge in [-0.25, -0.2) is 13.8 Å². The van der Waals surface area contributed by atoms with E-state index in [0.717, 1.165) is 0 Å². The number of hydrogen-bond acceptors (Lipinski definition) is 3. The number of pyridine rings is 1. The first-order valence-corrected chi connectivity index (χ1v) is 5.33. The van der Waals surface area contributed by atoms with Gasteiger partial charge in [-0.05, 0) is 24.3 Å². The van der Waals surface area contributed by atoms with Gasteiger partial charge in [0.15, 0.2) is 6.61 Å². The second kappa shape index (κ2) is 4.91. The Morgan fingerprint density at radius 3 is 2.63 bits per heavy atom. The lowest BCUT2D eigenvalue weighted by atomic mass is 10.2. The molecule has 19 heavy (non-hydrogen) atoms. The highest BCUT2D eigenvalue weighted by Crippen LogP contribution is 2.25. The number of rotatable bonds is 4. The molecule has 0 bridgehead atoms. The monoisotopic (exact) mass is 274 g/mol. The normalized spacial score (nSPS) is 12.1. The van der Waals surface area contributed by atoms with Gasteiger partial charge in [0.25, 0.3) is 0 Å². The minimum atomic E-state index is -4.20. The van der Waals surface area contributed by atoms with Crippen molar-refractivity contribution in [1.82, 2.24) is 4.98 Å². The molecule has 0 saturated carbocycles. The summed E-state index contributed by atoms with van der Waals surface area (Å²) in [7, 11) is 0. The van der Waals surface area contributed by atoms with Crippen molar-refractivity contribution >= 4 is 16.6 Å². The van der Waals surface area contributed by atoms with E-state index in [1.54, 1.807) is 24.3 Å². The molecule has 0 unspecified atom stereocenters. The summed E-state index contributed by atoms with van der Waals surface area (Å²) in [5.41, 5.74) is 6.58. The molecule has 0 spiro atoms. The van der Waals surface area contributed by atoms with Crippen LogP contribution in [0.5, 0.6) is 5.88 Å². The van der Waals surface area contributed by atoms with Crippen molar-refractivity contribution in [3.63, 3.8) is 0 Å². The molecule has 3 nitrogen and oxygen atoms in total. The number of nitrogens with two attached hydrogens (primary N) is 1. The number of nitrogens with zero attached hydrogens (tertiary/aromatic N) is 1. The lowest BCUT2D eigenvalue weighted by molar-refractivity contribution is -0.148. The van der Waals surface area contributed by atoms with E-state index < -0.39 is 19.0 Å². The molecule has 0 aliphatic heterocycles. The molecule has 0 atom stereocenters. The Labute approximate surface area is 106 Å². The van der Waals surface area contributed by atoms with Crippen LogP contribution in [0, 0.1) is 0 Å². The van der Waals surface area contributed by atoms with Crippen LogP contribution in [0.2, 0.25) is 0 Å². The molecule has 2 N–H and O–H groups in total. The van der Waals surface area contributed by atoms with Gasteiger partial charge in [0.2, 0.25) is 5.88 Å². The summed E-state index contributed by atoms with van der Waals surface area (Å²) in [6.07, 6.45) is -3.77. The Morgan fingerprint density at radius 1 is 1.21 bits per heavy atom. The van der Waals surface area contributed by atoms with E-state index in [4.69, 9.17) is 5.73 Å². The summed E-state index contributed by atoms with van der Waals surface area (Å²) in [5.74, 6) is -4.34. The van der Waals surface area contributed by atoms with E-state index >= 15 is 0 Å². The van der Waals surface area contributed by atoms with Gasteiger partial charge in [-0.3, -0.25) is 0 Å². The van der Waals surface area contributed by atoms with Crippen LogP contribution in [0.3, 0.4) is 0 Å². The number of nitrogen functional groups attached to an aromatic ring is 1. The number of ether oxygens (including phenoxy) is 1. The molecule has 0 amide bonds. The number of alkyl halides is 4. The topological polar surface area (TPSA) is 48.1 Å². The quantitative estimate of drug-likeness (QED) is 0.688. The predicted octanol–water partition coefficient (Wildman–Crippen LogP) is 3.10. The summed E-state index contributed by atoms with van der Waals surface area (Å²) >= 11 is 0. The van der Waals surface area contributed by atoms with Crippen LogP contribution < -0.4 is 10.5 Å². The maximum Gasteiger partial charge on any atom is 0.340 e. The van der Waals surface area contributed by atoms with Crippen LogP contribution >= 0.6 is 0 Å². The Hall–Kier alpha value is -2.05. The number of benzene rings is 1. The fourth-order valence-electron chi connectivity index (χ4n) is 1.44. The van der Waals surface area contributed by atoms with E-state index in [2.05, 4.69) is 9.72 Å². The molecule has 0 radical (unpaired) electrons. The van der Waals surface area contributed by atoms with Gasteiger partial charge in [0.1, 0.15) is 0 Å². The van der Waals surface area contributed by atoms with Crippen LogP contribution in [0.15, 0.2) is 30.3 Å². The Kier molecular flexibility index (Phi) is 3.46. The van der Waals surface area contributed by atoms with Gasteiger partial charge in [-0.15, -0.1) is 0 Å². The first-order chi connectivity index (χ1) is 8.88. The molecule has 0 saturated heterocycles. The first-order valence-electron chi connectivity index (χ1n) is 5.33. The number of fused-ring (bicyclic) bond motifs is 1. The molecule has 0 aliphatic carbocycles. The second-order valence-electron chi connectivity index (χ2n) is 3.95. The molecule has 1 aromatic heterocycles. The fourth-order valence-corrected chi connectivity index (χ4v) is 1.44. The van der Waals surface area contributed by atoms with Crippen LogP contribution in [0.4, 0.5) is 23.2 Å². The van der Waals surface area contributed by atoms with E-state index in [0.29, 0.717) is 16.6 Å². The maximum absolute atomic E-state index is 12.7. The molecule has 0 aliphatic rings. The van der Waals surface area contributed by atoms with Gasteiger partial charge in [-0.2, -0.15) is 8.78 Å². The van der Waals surface area contributed by atoms with Gasteiger partial charge in [0.05, 0.1) is 5.52 Å². The average Bonchev–Trinajstić information content (AvgIpc) is 2.36. The summed E-state index contributed by atoms with van der Waals surface area (Å²) in [6.45, 7) is -1.42. The van der Waals surface area contributed by atoms with E-state index in [1.807, 2.05) is 0 Å². The molecular formula is C12H10F4N2O. The highest BCUT2D eigenvalue weighted by molar-refractivity contribution is 5.82. The minimum absolute atomic E-state index is 0.141. The second-order valence-corrected chi connectivity index (χ2v) is 3.95. The van der Waals surface area contributed by atoms with E-state index in [9.17, 15) is 17.6 Å². The summed E-state index contributed by atoms with van der Waals surface area (Å²) in [6, 6.07) is 7.72. The number of aromatic nitrogens is 1. The van der Waals surface area contributed by atoms with Crippen LogP contribution in [-0.2, 0) is 0 Å². The highest BCUT2D eigenvalue weighted by Gasteiger charge is 2.41. The Bertz CT molecular complexity index is 589. The predicted molar refractivity (Wildman–Crippen MR) is 62.6 cm³/mol. The zero-order valence-corrected chi connectivity index (χ0v) is 9.62. The third-order valence-electron chi connectivity index (χ3n) is 2.42. The summed E-state index contributed by atoms with van der Waals surface area (Å²) in [5, 5.41) is 0.702. The molecule has 1 aromatic carbocycles. The van der Waals surface area contributed by atoms with Gasteiger partial charge in [0, 0.05) is 17.1 Å². The van der Waals surface area contributed by atoms with Gasteiger partial charge in [-0.1, -0.05) is 0 Å². The number of hydrogen-bond donors (Lipinski definition) is 1. The molecule has 0 fully saturated rings. The van der Waals surface area contributed by atoms with Crippen LogP contribution in [-0.4, -0.2) is 23.9 Å². The zero-order valence-electron chi connectivity index (χ0n) is 9.62. The molecule has 2 rings (SSSR count). The maximum atomic E-state index is 12.7.